The van der Waals surface area contributed by atoms with Gasteiger partial charge in [-0.05, 0) is 42.0 Å². The van der Waals surface area contributed by atoms with Gasteiger partial charge in [-0.1, -0.05) is 12.1 Å². The van der Waals surface area contributed by atoms with Crippen molar-refractivity contribution in [1.82, 2.24) is 29.7 Å². The molecule has 0 aliphatic carbocycles. The summed E-state index contributed by atoms with van der Waals surface area (Å²) in [6.45, 7) is -1.04. The predicted octanol–water partition coefficient (Wildman–Crippen LogP) is 4.26. The summed E-state index contributed by atoms with van der Waals surface area (Å²) in [6, 6.07) is 14.0. The smallest absolute Gasteiger partial charge is 0.387 e. The van der Waals surface area contributed by atoms with E-state index in [9.17, 15) is 13.6 Å². The molecule has 1 saturated heterocycles. The molecule has 0 bridgehead atoms. The third-order valence-corrected chi connectivity index (χ3v) is 6.39. The Labute approximate surface area is 232 Å². The van der Waals surface area contributed by atoms with Gasteiger partial charge in [0.2, 0.25) is 0 Å². The largest absolute Gasteiger partial charge is 0.457 e. The van der Waals surface area contributed by atoms with E-state index in [1.54, 1.807) is 43.8 Å². The Morgan fingerprint density at radius 2 is 2.02 bits per heavy atom. The summed E-state index contributed by atoms with van der Waals surface area (Å²) >= 11 is 0. The lowest BCUT2D eigenvalue weighted by Crippen LogP contribution is -2.45. The first-order valence-electron chi connectivity index (χ1n) is 12.7. The molecule has 210 valence electrons. The van der Waals surface area contributed by atoms with Crippen molar-refractivity contribution in [1.29, 1.82) is 0 Å². The molecule has 41 heavy (non-hydrogen) atoms. The summed E-state index contributed by atoms with van der Waals surface area (Å²) in [5, 5.41) is 14.8. The molecule has 2 N–H and O–H groups in total. The van der Waals surface area contributed by atoms with Crippen molar-refractivity contribution in [3.05, 3.63) is 84.4 Å². The number of ether oxygens (including phenoxy) is 3. The van der Waals surface area contributed by atoms with Gasteiger partial charge in [0.05, 0.1) is 36.7 Å². The van der Waals surface area contributed by atoms with Crippen molar-refractivity contribution < 1.29 is 27.8 Å². The molecule has 0 spiro atoms. The lowest BCUT2D eigenvalue weighted by atomic mass is 10.1. The van der Waals surface area contributed by atoms with E-state index in [1.165, 1.54) is 27.5 Å². The second kappa shape index (κ2) is 11.3. The standard InChI is InChI=1S/C28H25F2N7O4/c1-36-14-23(34-27(38)22-13-33-37-9-3-8-31-26(22)37)25(35-36)21-11-20(6-7-24(21)41-28(29)30)40-19-5-2-4-17(10-19)12-32-18-15-39-16-18/h2-11,13-14,18,28,32H,12,15-16H2,1H3,(H,34,38). The van der Waals surface area contributed by atoms with Crippen LogP contribution in [0.3, 0.4) is 0 Å². The number of carbonyl (C=O) groups is 1. The van der Waals surface area contributed by atoms with Crippen LogP contribution < -0.4 is 20.1 Å². The van der Waals surface area contributed by atoms with Gasteiger partial charge in [0.15, 0.2) is 5.65 Å². The maximum absolute atomic E-state index is 13.3. The Morgan fingerprint density at radius 1 is 1.17 bits per heavy atom. The highest BCUT2D eigenvalue weighted by Crippen LogP contribution is 2.39. The van der Waals surface area contributed by atoms with E-state index in [0.29, 0.717) is 42.9 Å². The fourth-order valence-electron chi connectivity index (χ4n) is 4.38. The fourth-order valence-corrected chi connectivity index (χ4v) is 4.38. The van der Waals surface area contributed by atoms with Crippen LogP contribution >= 0.6 is 0 Å². The zero-order valence-corrected chi connectivity index (χ0v) is 21.8. The van der Waals surface area contributed by atoms with E-state index >= 15 is 0 Å². The van der Waals surface area contributed by atoms with Crippen LogP contribution in [0.5, 0.6) is 17.2 Å². The van der Waals surface area contributed by atoms with Gasteiger partial charge >= 0.3 is 6.61 Å². The van der Waals surface area contributed by atoms with Crippen LogP contribution in [-0.4, -0.2) is 56.2 Å². The van der Waals surface area contributed by atoms with Gasteiger partial charge in [-0.2, -0.15) is 19.0 Å². The summed E-state index contributed by atoms with van der Waals surface area (Å²) in [5.41, 5.74) is 2.32. The molecule has 1 amide bonds. The Balaban J connectivity index is 1.29. The molecule has 2 aromatic carbocycles. The minimum Gasteiger partial charge on any atom is -0.457 e. The van der Waals surface area contributed by atoms with Gasteiger partial charge in [0, 0.05) is 32.2 Å². The van der Waals surface area contributed by atoms with Gasteiger partial charge in [0.25, 0.3) is 5.91 Å². The predicted molar refractivity (Wildman–Crippen MR) is 144 cm³/mol. The zero-order valence-electron chi connectivity index (χ0n) is 21.8. The van der Waals surface area contributed by atoms with Crippen molar-refractivity contribution >= 4 is 17.2 Å². The van der Waals surface area contributed by atoms with Crippen LogP contribution in [0.2, 0.25) is 0 Å². The summed E-state index contributed by atoms with van der Waals surface area (Å²) in [6.07, 6.45) is 6.19. The lowest BCUT2D eigenvalue weighted by Gasteiger charge is -2.27. The second-order valence-corrected chi connectivity index (χ2v) is 9.37. The Morgan fingerprint density at radius 3 is 2.83 bits per heavy atom. The van der Waals surface area contributed by atoms with E-state index in [4.69, 9.17) is 14.2 Å². The highest BCUT2D eigenvalue weighted by molar-refractivity contribution is 6.09. The van der Waals surface area contributed by atoms with Gasteiger partial charge < -0.3 is 24.8 Å². The number of nitrogens with zero attached hydrogens (tertiary/aromatic N) is 5. The van der Waals surface area contributed by atoms with E-state index in [0.717, 1.165) is 5.56 Å². The molecule has 6 rings (SSSR count). The number of hydrogen-bond donors (Lipinski definition) is 2. The molecule has 0 atom stereocenters. The van der Waals surface area contributed by atoms with Crippen LogP contribution in [0.25, 0.3) is 16.9 Å². The molecule has 3 aromatic heterocycles. The second-order valence-electron chi connectivity index (χ2n) is 9.37. The van der Waals surface area contributed by atoms with E-state index in [1.807, 2.05) is 18.2 Å². The number of alkyl halides is 2. The maximum Gasteiger partial charge on any atom is 0.387 e. The van der Waals surface area contributed by atoms with E-state index in [-0.39, 0.29) is 28.3 Å². The van der Waals surface area contributed by atoms with Gasteiger partial charge in [-0.15, -0.1) is 0 Å². The summed E-state index contributed by atoms with van der Waals surface area (Å²) in [4.78, 5) is 17.4. The average Bonchev–Trinajstić information content (AvgIpc) is 3.52. The topological polar surface area (TPSA) is 117 Å². The molecule has 11 nitrogen and oxygen atoms in total. The monoisotopic (exact) mass is 561 g/mol. The number of carbonyl (C=O) groups excluding carboxylic acids is 1. The molecular formula is C28H25F2N7O4. The minimum absolute atomic E-state index is 0.125. The first-order valence-corrected chi connectivity index (χ1v) is 12.7. The molecule has 1 fully saturated rings. The number of amides is 1. The quantitative estimate of drug-likeness (QED) is 0.260. The number of aryl methyl sites for hydroxylation is 1. The first kappa shape index (κ1) is 26.3. The molecule has 1 aliphatic rings. The molecule has 1 aliphatic heterocycles. The Kier molecular flexibility index (Phi) is 7.27. The summed E-state index contributed by atoms with van der Waals surface area (Å²) in [5.74, 6) is 0.321. The number of nitrogens with one attached hydrogen (secondary N) is 2. The van der Waals surface area contributed by atoms with Crippen LogP contribution in [0.15, 0.2) is 73.3 Å². The van der Waals surface area contributed by atoms with Crippen LogP contribution in [0.1, 0.15) is 15.9 Å². The van der Waals surface area contributed by atoms with Crippen molar-refractivity contribution in [3.8, 4) is 28.5 Å². The molecule has 0 saturated carbocycles. The Hall–Kier alpha value is -4.88. The number of benzene rings is 2. The van der Waals surface area contributed by atoms with E-state index in [2.05, 4.69) is 25.8 Å². The summed E-state index contributed by atoms with van der Waals surface area (Å²) < 4.78 is 45.7. The normalized spacial score (nSPS) is 13.4. The van der Waals surface area contributed by atoms with Crippen molar-refractivity contribution in [2.75, 3.05) is 18.5 Å². The number of fused-ring (bicyclic) bond motifs is 1. The molecular weight excluding hydrogens is 536 g/mol. The van der Waals surface area contributed by atoms with Crippen LogP contribution in [-0.2, 0) is 18.3 Å². The molecule has 5 aromatic rings. The summed E-state index contributed by atoms with van der Waals surface area (Å²) in [7, 11) is 1.65. The number of hydrogen-bond acceptors (Lipinski definition) is 8. The van der Waals surface area contributed by atoms with Gasteiger partial charge in [-0.25, -0.2) is 9.50 Å². The molecule has 0 unspecified atom stereocenters. The first-order chi connectivity index (χ1) is 19.9. The maximum atomic E-state index is 13.3. The highest BCUT2D eigenvalue weighted by Gasteiger charge is 2.22. The lowest BCUT2D eigenvalue weighted by molar-refractivity contribution is -0.0494. The number of aromatic nitrogens is 5. The van der Waals surface area contributed by atoms with Gasteiger partial charge in [-0.3, -0.25) is 9.48 Å². The third-order valence-electron chi connectivity index (χ3n) is 6.39. The SMILES string of the molecule is Cn1cc(NC(=O)c2cnn3cccnc23)c(-c2cc(Oc3cccc(CNC4COC4)c3)ccc2OC(F)F)n1. The Bertz CT molecular complexity index is 1700. The van der Waals surface area contributed by atoms with E-state index < -0.39 is 12.5 Å². The van der Waals surface area contributed by atoms with Crippen LogP contribution in [0.4, 0.5) is 14.5 Å². The third kappa shape index (κ3) is 5.85. The van der Waals surface area contributed by atoms with Crippen LogP contribution in [0, 0.1) is 0 Å². The molecule has 13 heteroatoms. The van der Waals surface area contributed by atoms with Gasteiger partial charge in [0.1, 0.15) is 28.5 Å². The highest BCUT2D eigenvalue weighted by atomic mass is 19.3. The van der Waals surface area contributed by atoms with Crippen molar-refractivity contribution in [3.63, 3.8) is 0 Å². The number of rotatable bonds is 10. The van der Waals surface area contributed by atoms with Crippen molar-refractivity contribution in [2.24, 2.45) is 7.05 Å². The fraction of sp³-hybridized carbons (Fsp3) is 0.214. The molecule has 0 radical (unpaired) electrons. The molecule has 4 heterocycles. The number of halogens is 2. The van der Waals surface area contributed by atoms with Crippen molar-refractivity contribution in [2.45, 2.75) is 19.2 Å². The average molecular weight is 562 g/mol. The zero-order chi connectivity index (χ0) is 28.3. The number of anilines is 1. The minimum atomic E-state index is -3.07.